The Morgan fingerprint density at radius 3 is 2.58 bits per heavy atom. The molecule has 2 atom stereocenters. The van der Waals surface area contributed by atoms with Gasteiger partial charge in [-0.3, -0.25) is 4.79 Å². The van der Waals surface area contributed by atoms with E-state index in [1.54, 1.807) is 0 Å². The van der Waals surface area contributed by atoms with Crippen molar-refractivity contribution in [2.75, 3.05) is 5.32 Å². The molecule has 3 nitrogen and oxygen atoms in total. The zero-order valence-electron chi connectivity index (χ0n) is 15.3. The highest BCUT2D eigenvalue weighted by molar-refractivity contribution is 6.09. The number of hydrogen-bond acceptors (Lipinski definition) is 2. The minimum Gasteiger partial charge on any atom is -0.508 e. The second-order valence-corrected chi connectivity index (χ2v) is 7.39. The Balaban J connectivity index is 2.00. The summed E-state index contributed by atoms with van der Waals surface area (Å²) in [5.41, 5.74) is 5.32. The quantitative estimate of drug-likeness (QED) is 0.809. The molecule has 0 saturated heterocycles. The maximum absolute atomic E-state index is 13.4. The summed E-state index contributed by atoms with van der Waals surface area (Å²) in [4.78, 5) is 13.4. The van der Waals surface area contributed by atoms with Gasteiger partial charge in [0.2, 0.25) is 5.91 Å². The Hall–Kier alpha value is -2.81. The molecule has 0 spiro atoms. The molecule has 1 heterocycles. The van der Waals surface area contributed by atoms with Crippen molar-refractivity contribution in [3.8, 4) is 0 Å². The molecule has 1 aliphatic heterocycles. The van der Waals surface area contributed by atoms with Crippen molar-refractivity contribution in [3.05, 3.63) is 88.2 Å². The van der Waals surface area contributed by atoms with Gasteiger partial charge in [-0.05, 0) is 67.2 Å². The Morgan fingerprint density at radius 2 is 1.85 bits per heavy atom. The molecular formula is C23H23NO2. The average molecular weight is 345 g/mol. The third-order valence-corrected chi connectivity index (χ3v) is 5.90. The third-order valence-electron chi connectivity index (χ3n) is 5.90. The second kappa shape index (κ2) is 5.87. The number of allylic oxidation sites excluding steroid dienone is 3. The van der Waals surface area contributed by atoms with Crippen LogP contribution in [0.25, 0.3) is 0 Å². The monoisotopic (exact) mass is 345 g/mol. The van der Waals surface area contributed by atoms with Crippen LogP contribution in [0.2, 0.25) is 0 Å². The van der Waals surface area contributed by atoms with Gasteiger partial charge in [-0.25, -0.2) is 0 Å². The van der Waals surface area contributed by atoms with Crippen LogP contribution in [0.3, 0.4) is 0 Å². The number of rotatable bonds is 2. The van der Waals surface area contributed by atoms with Crippen molar-refractivity contribution in [3.63, 3.8) is 0 Å². The number of carbonyl (C=O) groups excluding carboxylic acids is 1. The van der Waals surface area contributed by atoms with Gasteiger partial charge in [0.15, 0.2) is 0 Å². The Kier molecular flexibility index (Phi) is 3.76. The molecule has 0 saturated carbocycles. The number of carbonyl (C=O) groups is 1. The van der Waals surface area contributed by atoms with Crippen LogP contribution in [0.5, 0.6) is 0 Å². The smallest absolute Gasteiger partial charge is 0.240 e. The maximum Gasteiger partial charge on any atom is 0.240 e. The Morgan fingerprint density at radius 1 is 1.08 bits per heavy atom. The predicted molar refractivity (Wildman–Crippen MR) is 104 cm³/mol. The van der Waals surface area contributed by atoms with E-state index < -0.39 is 5.41 Å². The molecule has 2 N–H and O–H groups in total. The van der Waals surface area contributed by atoms with Crippen LogP contribution in [0.1, 0.15) is 35.6 Å². The topological polar surface area (TPSA) is 49.3 Å². The first kappa shape index (κ1) is 16.6. The molecule has 4 rings (SSSR count). The minimum atomic E-state index is -0.784. The summed E-state index contributed by atoms with van der Waals surface area (Å²) in [5.74, 6) is 0.262. The van der Waals surface area contributed by atoms with Gasteiger partial charge in [0, 0.05) is 11.6 Å². The molecule has 1 aliphatic carbocycles. The van der Waals surface area contributed by atoms with E-state index in [-0.39, 0.29) is 11.8 Å². The van der Waals surface area contributed by atoms with E-state index in [0.29, 0.717) is 12.2 Å². The third kappa shape index (κ3) is 2.23. The molecule has 3 heteroatoms. The summed E-state index contributed by atoms with van der Waals surface area (Å²) < 4.78 is 0. The highest BCUT2D eigenvalue weighted by atomic mass is 16.3. The van der Waals surface area contributed by atoms with Crippen LogP contribution in [-0.2, 0) is 10.2 Å². The fraction of sp³-hybridized carbons (Fsp3) is 0.261. The summed E-state index contributed by atoms with van der Waals surface area (Å²) in [7, 11) is 0. The summed E-state index contributed by atoms with van der Waals surface area (Å²) in [5, 5.41) is 13.1. The summed E-state index contributed by atoms with van der Waals surface area (Å²) in [6, 6.07) is 14.2. The van der Waals surface area contributed by atoms with Crippen LogP contribution in [0.15, 0.2) is 65.9 Å². The van der Waals surface area contributed by atoms with Gasteiger partial charge in [0.1, 0.15) is 11.2 Å². The van der Waals surface area contributed by atoms with Crippen LogP contribution >= 0.6 is 0 Å². The first-order valence-corrected chi connectivity index (χ1v) is 9.01. The number of anilines is 1. The van der Waals surface area contributed by atoms with Crippen molar-refractivity contribution >= 4 is 11.6 Å². The molecule has 2 aromatic carbocycles. The molecule has 26 heavy (non-hydrogen) atoms. The number of aryl methyl sites for hydroxylation is 2. The van der Waals surface area contributed by atoms with Gasteiger partial charge >= 0.3 is 0 Å². The van der Waals surface area contributed by atoms with Crippen LogP contribution in [0, 0.1) is 19.8 Å². The molecule has 2 aliphatic rings. The number of aliphatic hydroxyl groups is 1. The largest absolute Gasteiger partial charge is 0.508 e. The number of benzene rings is 2. The Bertz CT molecular complexity index is 970. The summed E-state index contributed by atoms with van der Waals surface area (Å²) >= 11 is 0. The molecule has 0 radical (unpaired) electrons. The van der Waals surface area contributed by atoms with E-state index in [9.17, 15) is 9.90 Å². The van der Waals surface area contributed by atoms with E-state index >= 15 is 0 Å². The lowest BCUT2D eigenvalue weighted by atomic mass is 9.63. The lowest BCUT2D eigenvalue weighted by Crippen LogP contribution is -2.43. The van der Waals surface area contributed by atoms with Crippen LogP contribution < -0.4 is 5.32 Å². The number of nitrogens with one attached hydrogen (secondary N) is 1. The van der Waals surface area contributed by atoms with Crippen LogP contribution in [-0.4, -0.2) is 11.0 Å². The maximum atomic E-state index is 13.4. The standard InChI is InChI=1S/C23H23NO2/c1-14-8-9-17(12-15(14)2)23(18-10-11-21(25)16(3)13-18)19-6-4-5-7-20(19)24-22(23)26/h4-9,11-13,18,25H,10H2,1-3H3,(H,24,26). The van der Waals surface area contributed by atoms with E-state index in [1.807, 2.05) is 43.3 Å². The first-order chi connectivity index (χ1) is 12.4. The number of hydrogen-bond donors (Lipinski definition) is 2. The number of para-hydroxylation sites is 1. The van der Waals surface area contributed by atoms with Crippen molar-refractivity contribution in [1.82, 2.24) is 0 Å². The van der Waals surface area contributed by atoms with Crippen LogP contribution in [0.4, 0.5) is 5.69 Å². The zero-order chi connectivity index (χ0) is 18.5. The second-order valence-electron chi connectivity index (χ2n) is 7.39. The van der Waals surface area contributed by atoms with Gasteiger partial charge in [0.05, 0.1) is 0 Å². The van der Waals surface area contributed by atoms with Gasteiger partial charge in [-0.1, -0.05) is 42.5 Å². The number of aliphatic hydroxyl groups excluding tert-OH is 1. The molecule has 2 aromatic rings. The lowest BCUT2D eigenvalue weighted by molar-refractivity contribution is -0.120. The highest BCUT2D eigenvalue weighted by Gasteiger charge is 2.53. The molecule has 132 valence electrons. The molecule has 1 amide bonds. The van der Waals surface area contributed by atoms with E-state index in [4.69, 9.17) is 0 Å². The average Bonchev–Trinajstić information content (AvgIpc) is 2.92. The van der Waals surface area contributed by atoms with Crippen molar-refractivity contribution < 1.29 is 9.90 Å². The predicted octanol–water partition coefficient (Wildman–Crippen LogP) is 4.95. The molecular weight excluding hydrogens is 322 g/mol. The van der Waals surface area contributed by atoms with Gasteiger partial charge in [-0.2, -0.15) is 0 Å². The van der Waals surface area contributed by atoms with Gasteiger partial charge in [0.25, 0.3) is 0 Å². The fourth-order valence-electron chi connectivity index (χ4n) is 4.29. The Labute approximate surface area is 154 Å². The lowest BCUT2D eigenvalue weighted by Gasteiger charge is -2.36. The van der Waals surface area contributed by atoms with Gasteiger partial charge < -0.3 is 10.4 Å². The normalized spacial score (nSPS) is 24.6. The number of fused-ring (bicyclic) bond motifs is 1. The SMILES string of the molecule is CC1=CC(C2(c3ccc(C)c(C)c3)C(=O)Nc3ccccc32)CC=C1O. The van der Waals surface area contributed by atoms with Gasteiger partial charge in [-0.15, -0.1) is 0 Å². The summed E-state index contributed by atoms with van der Waals surface area (Å²) in [6.45, 7) is 6.06. The van der Waals surface area contributed by atoms with E-state index in [1.165, 1.54) is 11.1 Å². The number of amides is 1. The van der Waals surface area contributed by atoms with Crippen molar-refractivity contribution in [2.24, 2.45) is 5.92 Å². The first-order valence-electron chi connectivity index (χ1n) is 9.01. The van der Waals surface area contributed by atoms with Crippen molar-refractivity contribution in [1.29, 1.82) is 0 Å². The van der Waals surface area contributed by atoms with E-state index in [2.05, 4.69) is 37.4 Å². The highest BCUT2D eigenvalue weighted by Crippen LogP contribution is 2.51. The van der Waals surface area contributed by atoms with E-state index in [0.717, 1.165) is 22.4 Å². The molecule has 0 aromatic heterocycles. The molecule has 0 bridgehead atoms. The molecule has 0 fully saturated rings. The van der Waals surface area contributed by atoms with Crippen molar-refractivity contribution in [2.45, 2.75) is 32.6 Å². The fourth-order valence-corrected chi connectivity index (χ4v) is 4.29. The minimum absolute atomic E-state index is 0.00536. The summed E-state index contributed by atoms with van der Waals surface area (Å²) in [6.07, 6.45) is 4.50. The zero-order valence-corrected chi connectivity index (χ0v) is 15.3. The molecule has 2 unspecified atom stereocenters.